The highest BCUT2D eigenvalue weighted by Gasteiger charge is 2.34. The van der Waals surface area contributed by atoms with Crippen molar-refractivity contribution in [1.82, 2.24) is 0 Å². The number of ether oxygens (including phenoxy) is 2. The van der Waals surface area contributed by atoms with Crippen LogP contribution in [0.3, 0.4) is 0 Å². The summed E-state index contributed by atoms with van der Waals surface area (Å²) in [5, 5.41) is 0. The highest BCUT2D eigenvalue weighted by molar-refractivity contribution is 7.90. The average molecular weight is 319 g/mol. The molecule has 1 aliphatic heterocycles. The zero-order valence-corrected chi connectivity index (χ0v) is 13.3. The molecule has 1 heterocycles. The molecule has 22 heavy (non-hydrogen) atoms. The Hall–Kier alpha value is -1.76. The minimum Gasteiger partial charge on any atom is -0.341 e. The summed E-state index contributed by atoms with van der Waals surface area (Å²) < 4.78 is 39.7. The molecule has 116 valence electrons. The van der Waals surface area contributed by atoms with E-state index in [1.165, 1.54) is 0 Å². The highest BCUT2D eigenvalue weighted by atomic mass is 32.2. The van der Waals surface area contributed by atoms with Crippen LogP contribution in [0.2, 0.25) is 0 Å². The fraction of sp³-hybridized carbons (Fsp3) is 0.312. The fourth-order valence-electron chi connectivity index (χ4n) is 2.37. The summed E-state index contributed by atoms with van der Waals surface area (Å²) in [6, 6.07) is 6.62. The molecule has 0 radical (unpaired) electrons. The van der Waals surface area contributed by atoms with Gasteiger partial charge < -0.3 is 9.47 Å². The predicted octanol–water partition coefficient (Wildman–Crippen LogP) is 2.38. The molecule has 5 nitrogen and oxygen atoms in total. The summed E-state index contributed by atoms with van der Waals surface area (Å²) in [6.45, 7) is 4.73. The fourth-order valence-corrected chi connectivity index (χ4v) is 3.42. The Morgan fingerprint density at radius 3 is 2.32 bits per heavy atom. The quantitative estimate of drug-likeness (QED) is 0.839. The molecular formula is C16H17NO4S. The third kappa shape index (κ3) is 2.90. The van der Waals surface area contributed by atoms with E-state index in [2.05, 4.69) is 4.40 Å². The number of sulfonamides is 1. The molecule has 1 saturated heterocycles. The molecule has 1 aromatic carbocycles. The molecule has 0 saturated carbocycles. The lowest BCUT2D eigenvalue weighted by molar-refractivity contribution is -0.0750. The summed E-state index contributed by atoms with van der Waals surface area (Å²) >= 11 is 0. The van der Waals surface area contributed by atoms with Gasteiger partial charge in [0.15, 0.2) is 0 Å². The van der Waals surface area contributed by atoms with E-state index in [0.29, 0.717) is 24.5 Å². The van der Waals surface area contributed by atoms with Crippen molar-refractivity contribution in [2.45, 2.75) is 24.5 Å². The first kappa shape index (κ1) is 15.1. The second kappa shape index (κ2) is 5.46. The topological polar surface area (TPSA) is 65.0 Å². The molecule has 1 spiro atoms. The van der Waals surface area contributed by atoms with Gasteiger partial charge in [0.25, 0.3) is 10.0 Å². The molecule has 0 atom stereocenters. The Morgan fingerprint density at radius 1 is 1.09 bits per heavy atom. The molecule has 0 amide bonds. The zero-order chi connectivity index (χ0) is 15.8. The molecule has 6 heteroatoms. The van der Waals surface area contributed by atoms with E-state index in [1.54, 1.807) is 49.4 Å². The zero-order valence-electron chi connectivity index (χ0n) is 12.4. The Balaban J connectivity index is 1.92. The molecule has 1 aliphatic carbocycles. The number of nitrogens with zero attached hydrogens (tertiary/aromatic N) is 1. The van der Waals surface area contributed by atoms with E-state index in [-0.39, 0.29) is 4.90 Å². The van der Waals surface area contributed by atoms with Crippen molar-refractivity contribution in [3.8, 4) is 0 Å². The monoisotopic (exact) mass is 319 g/mol. The van der Waals surface area contributed by atoms with Crippen molar-refractivity contribution >= 4 is 15.7 Å². The molecule has 0 bridgehead atoms. The Morgan fingerprint density at radius 2 is 1.73 bits per heavy atom. The maximum atomic E-state index is 12.4. The van der Waals surface area contributed by atoms with Crippen molar-refractivity contribution < 1.29 is 17.9 Å². The summed E-state index contributed by atoms with van der Waals surface area (Å²) in [6.07, 6.45) is 5.08. The van der Waals surface area contributed by atoms with E-state index >= 15 is 0 Å². The van der Waals surface area contributed by atoms with Crippen LogP contribution in [0.15, 0.2) is 57.4 Å². The lowest BCUT2D eigenvalue weighted by atomic mass is 10.0. The first-order chi connectivity index (χ1) is 10.4. The first-order valence-electron chi connectivity index (χ1n) is 6.99. The number of benzene rings is 1. The standard InChI is InChI=1S/C16H17NO4S/c1-12-3-5-14(6-4-12)22(18,19)17-15-7-8-16(11-13(15)2)20-9-10-21-16/h3-8,11H,9-10H2,1-2H3/b17-15-. The van der Waals surface area contributed by atoms with Crippen LogP contribution in [0.1, 0.15) is 12.5 Å². The summed E-state index contributed by atoms with van der Waals surface area (Å²) in [7, 11) is -3.73. The van der Waals surface area contributed by atoms with Crippen LogP contribution in [0.4, 0.5) is 0 Å². The number of rotatable bonds is 2. The molecule has 3 rings (SSSR count). The van der Waals surface area contributed by atoms with Crippen LogP contribution < -0.4 is 0 Å². The number of hydrogen-bond acceptors (Lipinski definition) is 4. The highest BCUT2D eigenvalue weighted by Crippen LogP contribution is 2.28. The van der Waals surface area contributed by atoms with Crippen LogP contribution in [-0.2, 0) is 19.5 Å². The largest absolute Gasteiger partial charge is 0.341 e. The molecule has 0 aromatic heterocycles. The van der Waals surface area contributed by atoms with E-state index in [0.717, 1.165) is 5.56 Å². The number of aryl methyl sites for hydroxylation is 1. The van der Waals surface area contributed by atoms with Gasteiger partial charge in [0, 0.05) is 0 Å². The second-order valence-corrected chi connectivity index (χ2v) is 6.95. The third-order valence-corrected chi connectivity index (χ3v) is 4.88. The Labute approximate surface area is 130 Å². The van der Waals surface area contributed by atoms with Crippen molar-refractivity contribution in [3.05, 3.63) is 53.6 Å². The van der Waals surface area contributed by atoms with Crippen LogP contribution in [0.25, 0.3) is 0 Å². The summed E-state index contributed by atoms with van der Waals surface area (Å²) in [4.78, 5) is 0.181. The van der Waals surface area contributed by atoms with Gasteiger partial charge in [-0.15, -0.1) is 0 Å². The van der Waals surface area contributed by atoms with E-state index in [4.69, 9.17) is 9.47 Å². The summed E-state index contributed by atoms with van der Waals surface area (Å²) in [5.74, 6) is -0.864. The maximum Gasteiger partial charge on any atom is 0.282 e. The minimum atomic E-state index is -3.73. The normalized spacial score (nSPS) is 22.3. The van der Waals surface area contributed by atoms with Crippen molar-refractivity contribution in [2.75, 3.05) is 13.2 Å². The number of allylic oxidation sites excluding steroid dienone is 2. The molecule has 1 fully saturated rings. The predicted molar refractivity (Wildman–Crippen MR) is 83.3 cm³/mol. The molecule has 2 aliphatic rings. The van der Waals surface area contributed by atoms with Crippen LogP contribution in [0.5, 0.6) is 0 Å². The Kier molecular flexibility index (Phi) is 3.76. The molecule has 0 N–H and O–H groups in total. The molecule has 0 unspecified atom stereocenters. The van der Waals surface area contributed by atoms with E-state index in [1.807, 2.05) is 6.92 Å². The van der Waals surface area contributed by atoms with Crippen molar-refractivity contribution in [2.24, 2.45) is 4.40 Å². The molecular weight excluding hydrogens is 302 g/mol. The lowest BCUT2D eigenvalue weighted by Gasteiger charge is -2.24. The molecule has 1 aromatic rings. The van der Waals surface area contributed by atoms with Crippen molar-refractivity contribution in [3.63, 3.8) is 0 Å². The van der Waals surface area contributed by atoms with Crippen LogP contribution in [0, 0.1) is 6.92 Å². The second-order valence-electron chi connectivity index (χ2n) is 5.34. The maximum absolute atomic E-state index is 12.4. The smallest absolute Gasteiger partial charge is 0.282 e. The third-order valence-electron chi connectivity index (χ3n) is 3.57. The van der Waals surface area contributed by atoms with E-state index < -0.39 is 15.8 Å². The van der Waals surface area contributed by atoms with Gasteiger partial charge in [-0.3, -0.25) is 0 Å². The van der Waals surface area contributed by atoms with Gasteiger partial charge >= 0.3 is 0 Å². The van der Waals surface area contributed by atoms with Gasteiger partial charge in [0.05, 0.1) is 23.8 Å². The van der Waals surface area contributed by atoms with Crippen molar-refractivity contribution in [1.29, 1.82) is 0 Å². The van der Waals surface area contributed by atoms with Gasteiger partial charge in [0.1, 0.15) is 0 Å². The van der Waals surface area contributed by atoms with E-state index in [9.17, 15) is 8.42 Å². The summed E-state index contributed by atoms with van der Waals surface area (Å²) in [5.41, 5.74) is 2.10. The van der Waals surface area contributed by atoms with Gasteiger partial charge in [-0.2, -0.15) is 12.8 Å². The minimum absolute atomic E-state index is 0.181. The number of hydrogen-bond donors (Lipinski definition) is 0. The van der Waals surface area contributed by atoms with Gasteiger partial charge in [0.2, 0.25) is 5.79 Å². The van der Waals surface area contributed by atoms with Gasteiger partial charge in [-0.05, 0) is 49.8 Å². The van der Waals surface area contributed by atoms with Gasteiger partial charge in [-0.1, -0.05) is 17.7 Å². The van der Waals surface area contributed by atoms with Gasteiger partial charge in [-0.25, -0.2) is 0 Å². The van der Waals surface area contributed by atoms with Crippen LogP contribution >= 0.6 is 0 Å². The Bertz CT molecular complexity index is 767. The first-order valence-corrected chi connectivity index (χ1v) is 8.43. The SMILES string of the molecule is CC1=CC2(C=C/C1=N/S(=O)(=O)c1ccc(C)cc1)OCCO2. The lowest BCUT2D eigenvalue weighted by Crippen LogP contribution is -2.28. The average Bonchev–Trinajstić information content (AvgIpc) is 2.91. The van der Waals surface area contributed by atoms with Crippen LogP contribution in [-0.4, -0.2) is 33.1 Å².